The van der Waals surface area contributed by atoms with Crippen molar-refractivity contribution in [2.45, 2.75) is 38.3 Å². The molecule has 0 spiro atoms. The van der Waals surface area contributed by atoms with Gasteiger partial charge in [-0.15, -0.1) is 0 Å². The summed E-state index contributed by atoms with van der Waals surface area (Å²) < 4.78 is 0. The summed E-state index contributed by atoms with van der Waals surface area (Å²) in [5, 5.41) is 2.78. The second-order valence-corrected chi connectivity index (χ2v) is 3.28. The Morgan fingerprint density at radius 3 is 2.40 bits per heavy atom. The van der Waals surface area contributed by atoms with Crippen LogP contribution in [0.3, 0.4) is 0 Å². The van der Waals surface area contributed by atoms with Gasteiger partial charge in [0, 0.05) is 6.04 Å². The largest absolute Gasteiger partial charge is 0.352 e. The van der Waals surface area contributed by atoms with Crippen molar-refractivity contribution >= 4 is 5.91 Å². The van der Waals surface area contributed by atoms with Gasteiger partial charge in [-0.1, -0.05) is 0 Å². The van der Waals surface area contributed by atoms with Crippen molar-refractivity contribution in [3.8, 4) is 0 Å². The molecule has 1 rings (SSSR count). The van der Waals surface area contributed by atoms with Gasteiger partial charge in [-0.05, 0) is 26.7 Å². The SMILES string of the molecule is CC(C)NC(=O)C1(N)CC1. The van der Waals surface area contributed by atoms with E-state index < -0.39 is 5.54 Å². The maximum absolute atomic E-state index is 11.1. The Kier molecular flexibility index (Phi) is 1.68. The van der Waals surface area contributed by atoms with Gasteiger partial charge >= 0.3 is 0 Å². The van der Waals surface area contributed by atoms with E-state index in [4.69, 9.17) is 5.73 Å². The number of nitrogens with two attached hydrogens (primary N) is 1. The van der Waals surface area contributed by atoms with E-state index in [1.807, 2.05) is 13.8 Å². The van der Waals surface area contributed by atoms with Crippen LogP contribution < -0.4 is 11.1 Å². The van der Waals surface area contributed by atoms with Gasteiger partial charge in [-0.3, -0.25) is 4.79 Å². The highest BCUT2D eigenvalue weighted by Gasteiger charge is 2.45. The number of rotatable bonds is 2. The topological polar surface area (TPSA) is 55.1 Å². The summed E-state index contributed by atoms with van der Waals surface area (Å²) in [6.07, 6.45) is 1.68. The zero-order valence-electron chi connectivity index (χ0n) is 6.48. The summed E-state index contributed by atoms with van der Waals surface area (Å²) in [5.41, 5.74) is 5.12. The van der Waals surface area contributed by atoms with Gasteiger partial charge in [0.15, 0.2) is 0 Å². The fourth-order valence-electron chi connectivity index (χ4n) is 0.768. The molecule has 3 heteroatoms. The Balaban J connectivity index is 2.35. The number of carbonyl (C=O) groups excluding carboxylic acids is 1. The number of hydrogen-bond acceptors (Lipinski definition) is 2. The molecule has 0 aromatic heterocycles. The monoisotopic (exact) mass is 142 g/mol. The average molecular weight is 142 g/mol. The van der Waals surface area contributed by atoms with Crippen molar-refractivity contribution in [1.82, 2.24) is 5.32 Å². The van der Waals surface area contributed by atoms with E-state index in [-0.39, 0.29) is 11.9 Å². The number of amides is 1. The van der Waals surface area contributed by atoms with Crippen LogP contribution in [0.1, 0.15) is 26.7 Å². The Bertz CT molecular complexity index is 150. The first kappa shape index (κ1) is 7.54. The van der Waals surface area contributed by atoms with Crippen molar-refractivity contribution in [2.24, 2.45) is 5.73 Å². The Morgan fingerprint density at radius 2 is 2.10 bits per heavy atom. The third kappa shape index (κ3) is 1.48. The van der Waals surface area contributed by atoms with E-state index in [1.165, 1.54) is 0 Å². The normalized spacial score (nSPS) is 20.8. The molecule has 1 aliphatic rings. The van der Waals surface area contributed by atoms with Crippen LogP contribution in [-0.2, 0) is 4.79 Å². The third-order valence-electron chi connectivity index (χ3n) is 1.66. The fraction of sp³-hybridized carbons (Fsp3) is 0.857. The van der Waals surface area contributed by atoms with Crippen LogP contribution in [0.4, 0.5) is 0 Å². The summed E-state index contributed by atoms with van der Waals surface area (Å²) >= 11 is 0. The van der Waals surface area contributed by atoms with Crippen molar-refractivity contribution < 1.29 is 4.79 Å². The molecule has 10 heavy (non-hydrogen) atoms. The van der Waals surface area contributed by atoms with Gasteiger partial charge < -0.3 is 11.1 Å². The summed E-state index contributed by atoms with van der Waals surface area (Å²) in [5.74, 6) is 0.00231. The first-order valence-electron chi connectivity index (χ1n) is 3.64. The molecule has 3 N–H and O–H groups in total. The number of hydrogen-bond donors (Lipinski definition) is 2. The molecular formula is C7H14N2O. The molecule has 0 aliphatic heterocycles. The molecule has 0 saturated heterocycles. The minimum absolute atomic E-state index is 0.00231. The molecular weight excluding hydrogens is 128 g/mol. The van der Waals surface area contributed by atoms with Gasteiger partial charge in [0.2, 0.25) is 5.91 Å². The molecule has 0 bridgehead atoms. The molecule has 1 fully saturated rings. The second-order valence-electron chi connectivity index (χ2n) is 3.28. The van der Waals surface area contributed by atoms with Gasteiger partial charge in [0.05, 0.1) is 5.54 Å². The summed E-state index contributed by atoms with van der Waals surface area (Å²) in [6, 6.07) is 0.202. The first-order valence-corrected chi connectivity index (χ1v) is 3.64. The van der Waals surface area contributed by atoms with Crippen LogP contribution in [0.5, 0.6) is 0 Å². The molecule has 0 atom stereocenters. The van der Waals surface area contributed by atoms with Crippen LogP contribution >= 0.6 is 0 Å². The van der Waals surface area contributed by atoms with E-state index in [1.54, 1.807) is 0 Å². The Labute approximate surface area is 61.0 Å². The molecule has 0 aromatic rings. The number of nitrogens with one attached hydrogen (secondary N) is 1. The van der Waals surface area contributed by atoms with Crippen molar-refractivity contribution in [1.29, 1.82) is 0 Å². The van der Waals surface area contributed by atoms with E-state index in [0.29, 0.717) is 0 Å². The van der Waals surface area contributed by atoms with Crippen LogP contribution in [0.2, 0.25) is 0 Å². The zero-order chi connectivity index (χ0) is 7.78. The fourth-order valence-corrected chi connectivity index (χ4v) is 0.768. The first-order chi connectivity index (χ1) is 4.54. The average Bonchev–Trinajstić information content (AvgIpc) is 2.47. The molecule has 0 aromatic carbocycles. The highest BCUT2D eigenvalue weighted by molar-refractivity contribution is 5.89. The van der Waals surface area contributed by atoms with Crippen LogP contribution in [0, 0.1) is 0 Å². The van der Waals surface area contributed by atoms with Crippen LogP contribution in [-0.4, -0.2) is 17.5 Å². The molecule has 1 amide bonds. The van der Waals surface area contributed by atoms with Gasteiger partial charge in [0.1, 0.15) is 0 Å². The summed E-state index contributed by atoms with van der Waals surface area (Å²) in [4.78, 5) is 11.1. The number of carbonyl (C=O) groups is 1. The van der Waals surface area contributed by atoms with Crippen molar-refractivity contribution in [3.63, 3.8) is 0 Å². The maximum Gasteiger partial charge on any atom is 0.240 e. The Hall–Kier alpha value is -0.570. The lowest BCUT2D eigenvalue weighted by molar-refractivity contribution is -0.123. The highest BCUT2D eigenvalue weighted by atomic mass is 16.2. The van der Waals surface area contributed by atoms with E-state index in [2.05, 4.69) is 5.32 Å². The van der Waals surface area contributed by atoms with E-state index in [9.17, 15) is 4.79 Å². The molecule has 58 valence electrons. The lowest BCUT2D eigenvalue weighted by Crippen LogP contribution is -2.45. The summed E-state index contributed by atoms with van der Waals surface area (Å²) in [6.45, 7) is 3.87. The lowest BCUT2D eigenvalue weighted by Gasteiger charge is -2.12. The van der Waals surface area contributed by atoms with Crippen LogP contribution in [0.15, 0.2) is 0 Å². The smallest absolute Gasteiger partial charge is 0.240 e. The van der Waals surface area contributed by atoms with Crippen molar-refractivity contribution in [2.75, 3.05) is 0 Å². The van der Waals surface area contributed by atoms with Gasteiger partial charge in [-0.25, -0.2) is 0 Å². The standard InChI is InChI=1S/C7H14N2O/c1-5(2)9-6(10)7(8)3-4-7/h5H,3-4,8H2,1-2H3,(H,9,10). The molecule has 0 heterocycles. The quantitative estimate of drug-likeness (QED) is 0.570. The van der Waals surface area contributed by atoms with E-state index in [0.717, 1.165) is 12.8 Å². The third-order valence-corrected chi connectivity index (χ3v) is 1.66. The zero-order valence-corrected chi connectivity index (χ0v) is 6.48. The minimum atomic E-state index is -0.510. The molecule has 3 nitrogen and oxygen atoms in total. The molecule has 1 aliphatic carbocycles. The lowest BCUT2D eigenvalue weighted by atomic mass is 10.2. The minimum Gasteiger partial charge on any atom is -0.352 e. The van der Waals surface area contributed by atoms with Gasteiger partial charge in [-0.2, -0.15) is 0 Å². The summed E-state index contributed by atoms with van der Waals surface area (Å²) in [7, 11) is 0. The predicted octanol–water partition coefficient (Wildman–Crippen LogP) is 0.00230. The Morgan fingerprint density at radius 1 is 1.60 bits per heavy atom. The molecule has 0 unspecified atom stereocenters. The van der Waals surface area contributed by atoms with Crippen LogP contribution in [0.25, 0.3) is 0 Å². The van der Waals surface area contributed by atoms with Crippen molar-refractivity contribution in [3.05, 3.63) is 0 Å². The highest BCUT2D eigenvalue weighted by Crippen LogP contribution is 2.32. The molecule has 0 radical (unpaired) electrons. The maximum atomic E-state index is 11.1. The van der Waals surface area contributed by atoms with E-state index >= 15 is 0 Å². The predicted molar refractivity (Wildman–Crippen MR) is 39.4 cm³/mol. The molecule has 1 saturated carbocycles. The van der Waals surface area contributed by atoms with Gasteiger partial charge in [0.25, 0.3) is 0 Å². The second kappa shape index (κ2) is 2.23.